The van der Waals surface area contributed by atoms with Gasteiger partial charge in [0.15, 0.2) is 17.1 Å². The van der Waals surface area contributed by atoms with E-state index in [1.165, 1.54) is 17.3 Å². The molecule has 1 unspecified atom stereocenters. The fourth-order valence-electron chi connectivity index (χ4n) is 2.84. The van der Waals surface area contributed by atoms with Gasteiger partial charge in [0.25, 0.3) is 0 Å². The first-order valence-electron chi connectivity index (χ1n) is 9.57. The van der Waals surface area contributed by atoms with Gasteiger partial charge < -0.3 is 14.6 Å². The van der Waals surface area contributed by atoms with Crippen LogP contribution in [0.1, 0.15) is 44.2 Å². The number of anilines is 1. The fourth-order valence-corrected chi connectivity index (χ4v) is 3.56. The molecule has 3 rings (SSSR count). The van der Waals surface area contributed by atoms with Crippen molar-refractivity contribution in [2.45, 2.75) is 37.9 Å². The summed E-state index contributed by atoms with van der Waals surface area (Å²) in [5.74, 6) is 2.16. The molecule has 0 aliphatic rings. The van der Waals surface area contributed by atoms with Crippen LogP contribution in [0.5, 0.6) is 5.75 Å². The zero-order chi connectivity index (χ0) is 20.8. The first kappa shape index (κ1) is 20.9. The second kappa shape index (κ2) is 9.60. The van der Waals surface area contributed by atoms with Crippen LogP contribution in [0.2, 0.25) is 0 Å². The van der Waals surface area contributed by atoms with Crippen molar-refractivity contribution in [3.63, 3.8) is 0 Å². The van der Waals surface area contributed by atoms with Crippen molar-refractivity contribution in [1.82, 2.24) is 14.8 Å². The zero-order valence-electron chi connectivity index (χ0n) is 17.1. The van der Waals surface area contributed by atoms with Gasteiger partial charge in [0.05, 0.1) is 5.75 Å². The molecule has 29 heavy (non-hydrogen) atoms. The van der Waals surface area contributed by atoms with E-state index in [2.05, 4.69) is 41.5 Å². The van der Waals surface area contributed by atoms with E-state index in [4.69, 9.17) is 4.74 Å². The Morgan fingerprint density at radius 2 is 1.76 bits per heavy atom. The number of carbonyl (C=O) groups is 1. The van der Waals surface area contributed by atoms with Crippen LogP contribution < -0.4 is 10.1 Å². The number of para-hydroxylation sites is 1. The molecule has 0 radical (unpaired) electrons. The van der Waals surface area contributed by atoms with Crippen molar-refractivity contribution in [3.05, 3.63) is 66.0 Å². The highest BCUT2D eigenvalue weighted by Crippen LogP contribution is 2.25. The molecule has 1 atom stereocenters. The largest absolute Gasteiger partial charge is 0.483 e. The first-order chi connectivity index (χ1) is 13.9. The third kappa shape index (κ3) is 5.60. The molecule has 1 heterocycles. The number of nitrogens with one attached hydrogen (secondary N) is 1. The predicted octanol–water partition coefficient (Wildman–Crippen LogP) is 4.81. The summed E-state index contributed by atoms with van der Waals surface area (Å²) in [5, 5.41) is 12.0. The van der Waals surface area contributed by atoms with Crippen LogP contribution in [0.4, 0.5) is 5.69 Å². The van der Waals surface area contributed by atoms with E-state index < -0.39 is 0 Å². The highest BCUT2D eigenvalue weighted by atomic mass is 32.2. The number of amides is 1. The minimum Gasteiger partial charge on any atom is -0.483 e. The second-order valence-corrected chi connectivity index (χ2v) is 8.03. The summed E-state index contributed by atoms with van der Waals surface area (Å²) < 4.78 is 7.89. The summed E-state index contributed by atoms with van der Waals surface area (Å²) >= 11 is 1.35. The molecule has 0 saturated carbocycles. The van der Waals surface area contributed by atoms with E-state index in [1.807, 2.05) is 61.0 Å². The number of hydrogen-bond acceptors (Lipinski definition) is 5. The van der Waals surface area contributed by atoms with E-state index >= 15 is 0 Å². The second-order valence-electron chi connectivity index (χ2n) is 7.09. The van der Waals surface area contributed by atoms with Crippen LogP contribution in [0.15, 0.2) is 59.8 Å². The molecule has 0 bridgehead atoms. The van der Waals surface area contributed by atoms with Crippen molar-refractivity contribution < 1.29 is 9.53 Å². The maximum Gasteiger partial charge on any atom is 0.234 e. The van der Waals surface area contributed by atoms with Crippen molar-refractivity contribution in [3.8, 4) is 5.75 Å². The molecule has 7 heteroatoms. The van der Waals surface area contributed by atoms with Gasteiger partial charge in [-0.05, 0) is 42.7 Å². The van der Waals surface area contributed by atoms with Crippen molar-refractivity contribution >= 4 is 23.4 Å². The zero-order valence-corrected chi connectivity index (χ0v) is 17.9. The molecule has 0 saturated heterocycles. The number of rotatable bonds is 8. The number of aromatic nitrogens is 3. The Balaban J connectivity index is 1.57. The smallest absolute Gasteiger partial charge is 0.234 e. The first-order valence-corrected chi connectivity index (χ1v) is 10.6. The van der Waals surface area contributed by atoms with E-state index in [9.17, 15) is 4.79 Å². The number of ether oxygens (including phenoxy) is 1. The van der Waals surface area contributed by atoms with E-state index in [-0.39, 0.29) is 17.8 Å². The molecule has 2 aromatic carbocycles. The van der Waals surface area contributed by atoms with Gasteiger partial charge in [-0.15, -0.1) is 10.2 Å². The predicted molar refractivity (Wildman–Crippen MR) is 116 cm³/mol. The van der Waals surface area contributed by atoms with Crippen molar-refractivity contribution in [2.75, 3.05) is 11.1 Å². The summed E-state index contributed by atoms with van der Waals surface area (Å²) in [6, 6.07) is 17.5. The third-order valence-electron chi connectivity index (χ3n) is 4.48. The lowest BCUT2D eigenvalue weighted by atomic mass is 10.0. The average Bonchev–Trinajstić information content (AvgIpc) is 3.08. The number of carbonyl (C=O) groups excluding carboxylic acids is 1. The summed E-state index contributed by atoms with van der Waals surface area (Å²) in [6.45, 7) is 6.27. The molecule has 1 amide bonds. The summed E-state index contributed by atoms with van der Waals surface area (Å²) in [5.41, 5.74) is 2.05. The van der Waals surface area contributed by atoms with Gasteiger partial charge in [-0.3, -0.25) is 4.79 Å². The number of nitrogens with zero attached hydrogens (tertiary/aromatic N) is 3. The lowest BCUT2D eigenvalue weighted by Gasteiger charge is -2.15. The molecule has 1 N–H and O–H groups in total. The van der Waals surface area contributed by atoms with Gasteiger partial charge in [0, 0.05) is 12.7 Å². The number of hydrogen-bond donors (Lipinski definition) is 1. The summed E-state index contributed by atoms with van der Waals surface area (Å²) in [7, 11) is 1.88. The molecular weight excluding hydrogens is 384 g/mol. The van der Waals surface area contributed by atoms with Gasteiger partial charge in [-0.1, -0.05) is 55.9 Å². The van der Waals surface area contributed by atoms with Crippen molar-refractivity contribution in [1.29, 1.82) is 0 Å². The maximum atomic E-state index is 12.1. The number of thioether (sulfide) groups is 1. The van der Waals surface area contributed by atoms with Crippen LogP contribution in [-0.2, 0) is 11.8 Å². The quantitative estimate of drug-likeness (QED) is 0.540. The van der Waals surface area contributed by atoms with Gasteiger partial charge in [0.2, 0.25) is 5.91 Å². The Hall–Kier alpha value is -2.80. The minimum atomic E-state index is -0.259. The molecule has 0 spiro atoms. The van der Waals surface area contributed by atoms with Crippen LogP contribution in [0, 0.1) is 0 Å². The van der Waals surface area contributed by atoms with Crippen LogP contribution in [0.25, 0.3) is 0 Å². The highest BCUT2D eigenvalue weighted by molar-refractivity contribution is 7.99. The van der Waals surface area contributed by atoms with Crippen molar-refractivity contribution in [2.24, 2.45) is 7.05 Å². The van der Waals surface area contributed by atoms with Gasteiger partial charge >= 0.3 is 0 Å². The van der Waals surface area contributed by atoms with Crippen LogP contribution >= 0.6 is 11.8 Å². The lowest BCUT2D eigenvalue weighted by Crippen LogP contribution is -2.14. The van der Waals surface area contributed by atoms with Crippen LogP contribution in [0.3, 0.4) is 0 Å². The van der Waals surface area contributed by atoms with Crippen LogP contribution in [-0.4, -0.2) is 26.4 Å². The Labute approximate surface area is 175 Å². The molecule has 152 valence electrons. The maximum absolute atomic E-state index is 12.1. The SMILES string of the molecule is CC(C)c1ccc(OC(C)c2nnc(SCC(=O)Nc3ccccc3)n2C)cc1. The summed E-state index contributed by atoms with van der Waals surface area (Å²) in [6.07, 6.45) is -0.259. The molecule has 3 aromatic rings. The lowest BCUT2D eigenvalue weighted by molar-refractivity contribution is -0.113. The summed E-state index contributed by atoms with van der Waals surface area (Å²) in [4.78, 5) is 12.1. The molecule has 6 nitrogen and oxygen atoms in total. The molecule has 0 fully saturated rings. The Morgan fingerprint density at radius 1 is 1.07 bits per heavy atom. The molecule has 0 aliphatic carbocycles. The molecule has 1 aromatic heterocycles. The molecular formula is C22H26N4O2S. The normalized spacial score (nSPS) is 12.0. The van der Waals surface area contributed by atoms with Gasteiger partial charge in [-0.2, -0.15) is 0 Å². The monoisotopic (exact) mass is 410 g/mol. The van der Waals surface area contributed by atoms with Gasteiger partial charge in [0.1, 0.15) is 5.75 Å². The van der Waals surface area contributed by atoms with E-state index in [0.717, 1.165) is 11.4 Å². The van der Waals surface area contributed by atoms with Gasteiger partial charge in [-0.25, -0.2) is 0 Å². The highest BCUT2D eigenvalue weighted by Gasteiger charge is 2.18. The topological polar surface area (TPSA) is 69.0 Å². The Bertz CT molecular complexity index is 939. The Morgan fingerprint density at radius 3 is 2.41 bits per heavy atom. The molecule has 0 aliphatic heterocycles. The fraction of sp³-hybridized carbons (Fsp3) is 0.318. The van der Waals surface area contributed by atoms with E-state index in [0.29, 0.717) is 16.9 Å². The standard InChI is InChI=1S/C22H26N4O2S/c1-15(2)17-10-12-19(13-11-17)28-16(3)21-24-25-22(26(21)4)29-14-20(27)23-18-8-6-5-7-9-18/h5-13,15-16H,14H2,1-4H3,(H,23,27). The Kier molecular flexibility index (Phi) is 6.93. The third-order valence-corrected chi connectivity index (χ3v) is 5.50. The van der Waals surface area contributed by atoms with E-state index in [1.54, 1.807) is 0 Å². The minimum absolute atomic E-state index is 0.0831. The number of benzene rings is 2. The average molecular weight is 411 g/mol.